The van der Waals surface area contributed by atoms with Gasteiger partial charge in [-0.2, -0.15) is 0 Å². The van der Waals surface area contributed by atoms with E-state index in [4.69, 9.17) is 4.74 Å². The molecule has 3 N–H and O–H groups in total. The predicted molar refractivity (Wildman–Crippen MR) is 132 cm³/mol. The van der Waals surface area contributed by atoms with Crippen LogP contribution >= 0.6 is 11.3 Å². The smallest absolute Gasteiger partial charge is 0.271 e. The average molecular weight is 498 g/mol. The van der Waals surface area contributed by atoms with E-state index in [0.29, 0.717) is 49.2 Å². The summed E-state index contributed by atoms with van der Waals surface area (Å²) >= 11 is 1.40. The van der Waals surface area contributed by atoms with Gasteiger partial charge in [-0.15, -0.1) is 11.3 Å². The predicted octanol–water partition coefficient (Wildman–Crippen LogP) is 3.41. The van der Waals surface area contributed by atoms with Crippen LogP contribution in [0.3, 0.4) is 0 Å². The molecule has 2 aromatic rings. The molecule has 1 spiro atoms. The van der Waals surface area contributed by atoms with Crippen LogP contribution in [0, 0.1) is 18.8 Å². The topological polar surface area (TPSA) is 122 Å². The maximum atomic E-state index is 13.4. The minimum absolute atomic E-state index is 0.0366. The van der Waals surface area contributed by atoms with E-state index in [-0.39, 0.29) is 23.6 Å². The molecule has 2 aliphatic heterocycles. The summed E-state index contributed by atoms with van der Waals surface area (Å²) in [7, 11) is 0. The number of hydrogen-bond donors (Lipinski definition) is 3. The van der Waals surface area contributed by atoms with Gasteiger partial charge in [0.2, 0.25) is 11.8 Å². The fourth-order valence-corrected chi connectivity index (χ4v) is 6.09. The zero-order valence-corrected chi connectivity index (χ0v) is 20.9. The molecule has 35 heavy (non-hydrogen) atoms. The number of nitrogens with one attached hydrogen (secondary N) is 3. The monoisotopic (exact) mass is 497 g/mol. The first-order valence-electron chi connectivity index (χ1n) is 12.3. The maximum absolute atomic E-state index is 13.4. The molecule has 10 heteroatoms. The lowest BCUT2D eigenvalue weighted by atomic mass is 9.76. The van der Waals surface area contributed by atoms with Gasteiger partial charge in [-0.3, -0.25) is 14.4 Å². The Labute approximate surface area is 208 Å². The summed E-state index contributed by atoms with van der Waals surface area (Å²) in [5, 5.41) is 11.3. The van der Waals surface area contributed by atoms with Crippen molar-refractivity contribution < 1.29 is 19.1 Å². The maximum Gasteiger partial charge on any atom is 0.271 e. The first-order valence-corrected chi connectivity index (χ1v) is 13.2. The Morgan fingerprint density at radius 1 is 1.23 bits per heavy atom. The molecule has 1 unspecified atom stereocenters. The number of rotatable bonds is 5. The van der Waals surface area contributed by atoms with Crippen molar-refractivity contribution in [2.24, 2.45) is 11.8 Å². The van der Waals surface area contributed by atoms with Crippen molar-refractivity contribution in [2.75, 3.05) is 23.8 Å². The number of fused-ring (bicyclic) bond motifs is 2. The van der Waals surface area contributed by atoms with Crippen molar-refractivity contribution in [2.45, 2.75) is 63.8 Å². The lowest BCUT2D eigenvalue weighted by Crippen LogP contribution is -2.49. The van der Waals surface area contributed by atoms with Crippen molar-refractivity contribution in [3.8, 4) is 0 Å². The van der Waals surface area contributed by atoms with Gasteiger partial charge in [0.05, 0.1) is 16.1 Å². The number of aromatic nitrogens is 2. The van der Waals surface area contributed by atoms with Gasteiger partial charge >= 0.3 is 0 Å². The highest BCUT2D eigenvalue weighted by Crippen LogP contribution is 2.44. The molecule has 0 aromatic carbocycles. The van der Waals surface area contributed by atoms with Crippen molar-refractivity contribution in [1.29, 1.82) is 0 Å². The Balaban J connectivity index is 1.34. The van der Waals surface area contributed by atoms with E-state index in [1.807, 2.05) is 6.92 Å². The lowest BCUT2D eigenvalue weighted by Gasteiger charge is -2.32. The van der Waals surface area contributed by atoms with Crippen LogP contribution in [0.2, 0.25) is 0 Å². The largest absolute Gasteiger partial charge is 0.381 e. The van der Waals surface area contributed by atoms with Gasteiger partial charge in [0.15, 0.2) is 0 Å². The zero-order chi connectivity index (χ0) is 24.6. The lowest BCUT2D eigenvalue weighted by molar-refractivity contribution is -0.124. The molecule has 1 saturated heterocycles. The highest BCUT2D eigenvalue weighted by molar-refractivity contribution is 7.09. The molecule has 1 atom stereocenters. The summed E-state index contributed by atoms with van der Waals surface area (Å²) in [6, 6.07) is 1.02. The molecule has 2 fully saturated rings. The molecule has 4 heterocycles. The first-order chi connectivity index (χ1) is 16.9. The van der Waals surface area contributed by atoms with Crippen LogP contribution in [-0.4, -0.2) is 46.9 Å². The second-order valence-corrected chi connectivity index (χ2v) is 11.0. The van der Waals surface area contributed by atoms with Gasteiger partial charge in [0.1, 0.15) is 17.6 Å². The fourth-order valence-electron chi connectivity index (χ4n) is 5.49. The molecule has 5 rings (SSSR count). The van der Waals surface area contributed by atoms with Crippen LogP contribution in [0.25, 0.3) is 0 Å². The molecular weight excluding hydrogens is 466 g/mol. The van der Waals surface area contributed by atoms with Gasteiger partial charge in [-0.1, -0.05) is 19.8 Å². The Morgan fingerprint density at radius 3 is 2.66 bits per heavy atom. The highest BCUT2D eigenvalue weighted by atomic mass is 32.1. The first kappa shape index (κ1) is 23.9. The minimum Gasteiger partial charge on any atom is -0.381 e. The van der Waals surface area contributed by atoms with E-state index in [1.54, 1.807) is 17.6 Å². The average Bonchev–Trinajstić information content (AvgIpc) is 3.39. The Kier molecular flexibility index (Phi) is 6.59. The standard InChI is InChI=1S/C25H31N5O4S/c1-14-3-5-16(6-4-14)21(30-22(31)19-13-35-15(2)27-19)23(32)29-20-11-18-17(12-26-20)25(24(33)28-18)7-9-34-10-8-25/h11-14,16,21H,3-10H2,1-2H3,(H,28,33)(H,30,31)(H,26,29,32). The fraction of sp³-hybridized carbons (Fsp3) is 0.560. The number of pyridine rings is 1. The third-order valence-corrected chi connectivity index (χ3v) is 8.43. The molecule has 9 nitrogen and oxygen atoms in total. The number of amides is 3. The quantitative estimate of drug-likeness (QED) is 0.582. The van der Waals surface area contributed by atoms with Crippen LogP contribution in [0.1, 0.15) is 66.5 Å². The number of carbonyl (C=O) groups is 3. The van der Waals surface area contributed by atoms with Gasteiger partial charge in [-0.05, 0) is 44.4 Å². The Morgan fingerprint density at radius 2 is 1.97 bits per heavy atom. The molecule has 0 bridgehead atoms. The molecule has 2 aromatic heterocycles. The number of nitrogens with zero attached hydrogens (tertiary/aromatic N) is 2. The van der Waals surface area contributed by atoms with E-state index in [0.717, 1.165) is 36.3 Å². The number of hydrogen-bond acceptors (Lipinski definition) is 7. The van der Waals surface area contributed by atoms with Crippen molar-refractivity contribution in [3.05, 3.63) is 33.9 Å². The van der Waals surface area contributed by atoms with Crippen LogP contribution in [0.5, 0.6) is 0 Å². The summed E-state index contributed by atoms with van der Waals surface area (Å²) in [6.45, 7) is 5.13. The molecule has 3 amide bonds. The minimum atomic E-state index is -0.691. The van der Waals surface area contributed by atoms with Crippen molar-refractivity contribution in [1.82, 2.24) is 15.3 Å². The summed E-state index contributed by atoms with van der Waals surface area (Å²) < 4.78 is 5.46. The van der Waals surface area contributed by atoms with E-state index >= 15 is 0 Å². The van der Waals surface area contributed by atoms with E-state index in [1.165, 1.54) is 11.3 Å². The summed E-state index contributed by atoms with van der Waals surface area (Å²) in [5.41, 5.74) is 1.25. The third-order valence-electron chi connectivity index (χ3n) is 7.65. The Hall–Kier alpha value is -2.85. The molecule has 186 valence electrons. The van der Waals surface area contributed by atoms with E-state index < -0.39 is 11.5 Å². The molecule has 1 saturated carbocycles. The third kappa shape index (κ3) is 4.69. The van der Waals surface area contributed by atoms with Crippen LogP contribution in [-0.2, 0) is 19.7 Å². The van der Waals surface area contributed by atoms with Crippen LogP contribution < -0.4 is 16.0 Å². The Bertz CT molecular complexity index is 1130. The van der Waals surface area contributed by atoms with E-state index in [2.05, 4.69) is 32.8 Å². The van der Waals surface area contributed by atoms with Crippen molar-refractivity contribution in [3.63, 3.8) is 0 Å². The van der Waals surface area contributed by atoms with Gasteiger partial charge in [-0.25, -0.2) is 9.97 Å². The summed E-state index contributed by atoms with van der Waals surface area (Å²) in [5.74, 6) is 0.319. The van der Waals surface area contributed by atoms with Gasteiger partial charge < -0.3 is 20.7 Å². The van der Waals surface area contributed by atoms with Gasteiger partial charge in [0.25, 0.3) is 5.91 Å². The van der Waals surface area contributed by atoms with Crippen molar-refractivity contribution >= 4 is 40.6 Å². The molecular formula is C25H31N5O4S. The normalized spacial score (nSPS) is 23.9. The van der Waals surface area contributed by atoms with Crippen LogP contribution in [0.15, 0.2) is 17.6 Å². The second kappa shape index (κ2) is 9.66. The molecule has 3 aliphatic rings. The van der Waals surface area contributed by atoms with Gasteiger partial charge in [0, 0.05) is 36.4 Å². The molecule has 0 radical (unpaired) electrons. The zero-order valence-electron chi connectivity index (χ0n) is 20.1. The van der Waals surface area contributed by atoms with Crippen LogP contribution in [0.4, 0.5) is 11.5 Å². The summed E-state index contributed by atoms with van der Waals surface area (Å²) in [4.78, 5) is 47.8. The second-order valence-electron chi connectivity index (χ2n) is 9.98. The number of ether oxygens (including phenoxy) is 1. The van der Waals surface area contributed by atoms with E-state index in [9.17, 15) is 14.4 Å². The molecule has 1 aliphatic carbocycles. The SMILES string of the molecule is Cc1nc(C(=O)NC(C(=O)Nc2cc3c(cn2)C2(CCOCC2)C(=O)N3)C2CCC(C)CC2)cs1. The highest BCUT2D eigenvalue weighted by Gasteiger charge is 2.48. The number of carbonyl (C=O) groups excluding carboxylic acids is 3. The number of thiazole rings is 1. The number of anilines is 2. The summed E-state index contributed by atoms with van der Waals surface area (Å²) in [6.07, 6.45) is 6.70. The number of aryl methyl sites for hydroxylation is 1.